The van der Waals surface area contributed by atoms with E-state index >= 15 is 0 Å². The predicted molar refractivity (Wildman–Crippen MR) is 141 cm³/mol. The predicted octanol–water partition coefficient (Wildman–Crippen LogP) is 1.29. The topological polar surface area (TPSA) is 155 Å². The van der Waals surface area contributed by atoms with Crippen LogP contribution in [0, 0.1) is 12.3 Å². The van der Waals surface area contributed by atoms with Gasteiger partial charge < -0.3 is 19.7 Å². The van der Waals surface area contributed by atoms with Gasteiger partial charge in [-0.1, -0.05) is 12.1 Å². The van der Waals surface area contributed by atoms with Gasteiger partial charge in [0.05, 0.1) is 24.4 Å². The van der Waals surface area contributed by atoms with E-state index in [-0.39, 0.29) is 51.0 Å². The monoisotopic (exact) mass is 564 g/mol. The standard InChI is InChI=1S/C26H36N4O8S/c1-18-15-20(23(31)27-2)3-4-22(18)19-5-10-30(11-6-19)39(35,36)17-26(24(32)28-34)8-12-29(13-9-26)25(33)38-21-7-14-37-16-21/h3-5,15,21,34H,6-14,16-17H2,1-2H3,(H,27,31)(H,28,32)/t21-/m0/s1. The van der Waals surface area contributed by atoms with Crippen molar-refractivity contribution in [2.75, 3.05) is 52.2 Å². The van der Waals surface area contributed by atoms with Crippen LogP contribution in [0.3, 0.4) is 0 Å². The van der Waals surface area contributed by atoms with Crippen molar-refractivity contribution >= 4 is 33.5 Å². The van der Waals surface area contributed by atoms with Crippen molar-refractivity contribution < 1.29 is 37.5 Å². The summed E-state index contributed by atoms with van der Waals surface area (Å²) in [6.45, 7) is 3.44. The highest BCUT2D eigenvalue weighted by Gasteiger charge is 2.47. The number of nitrogens with one attached hydrogen (secondary N) is 2. The number of piperidine rings is 1. The molecule has 3 aliphatic rings. The molecule has 12 nitrogen and oxygen atoms in total. The zero-order valence-electron chi connectivity index (χ0n) is 22.3. The maximum Gasteiger partial charge on any atom is 0.410 e. The van der Waals surface area contributed by atoms with E-state index in [1.165, 1.54) is 9.21 Å². The fourth-order valence-electron chi connectivity index (χ4n) is 5.39. The molecule has 2 fully saturated rings. The lowest BCUT2D eigenvalue weighted by molar-refractivity contribution is -0.141. The van der Waals surface area contributed by atoms with Crippen molar-refractivity contribution in [2.24, 2.45) is 5.41 Å². The average molecular weight is 565 g/mol. The summed E-state index contributed by atoms with van der Waals surface area (Å²) in [5.74, 6) is -1.43. The third-order valence-corrected chi connectivity index (χ3v) is 9.84. The molecule has 1 aromatic rings. The first-order valence-electron chi connectivity index (χ1n) is 13.1. The number of amides is 3. The van der Waals surface area contributed by atoms with E-state index in [0.717, 1.165) is 16.7 Å². The van der Waals surface area contributed by atoms with Crippen LogP contribution in [0.5, 0.6) is 0 Å². The van der Waals surface area contributed by atoms with Crippen LogP contribution >= 0.6 is 0 Å². The molecular weight excluding hydrogens is 528 g/mol. The van der Waals surface area contributed by atoms with E-state index in [2.05, 4.69) is 5.32 Å². The lowest BCUT2D eigenvalue weighted by Crippen LogP contribution is -2.54. The van der Waals surface area contributed by atoms with Crippen molar-refractivity contribution in [3.8, 4) is 0 Å². The first-order chi connectivity index (χ1) is 18.6. The molecule has 1 aromatic carbocycles. The summed E-state index contributed by atoms with van der Waals surface area (Å²) in [5, 5.41) is 12.0. The highest BCUT2D eigenvalue weighted by Crippen LogP contribution is 2.36. The van der Waals surface area contributed by atoms with E-state index in [9.17, 15) is 28.0 Å². The number of sulfonamides is 1. The minimum Gasteiger partial charge on any atom is -0.444 e. The Kier molecular flexibility index (Phi) is 8.94. The van der Waals surface area contributed by atoms with E-state index in [0.29, 0.717) is 31.6 Å². The molecule has 0 spiro atoms. The molecular formula is C26H36N4O8S. The molecule has 3 amide bonds. The number of likely N-dealkylation sites (tertiary alicyclic amines) is 1. The van der Waals surface area contributed by atoms with Gasteiger partial charge >= 0.3 is 6.09 Å². The normalized spacial score (nSPS) is 21.7. The van der Waals surface area contributed by atoms with Crippen LogP contribution in [0.15, 0.2) is 24.3 Å². The number of rotatable bonds is 7. The Bertz CT molecular complexity index is 1230. The first kappa shape index (κ1) is 29.0. The number of hydrogen-bond acceptors (Lipinski definition) is 8. The number of hydrogen-bond donors (Lipinski definition) is 3. The summed E-state index contributed by atoms with van der Waals surface area (Å²) < 4.78 is 38.9. The second-order valence-electron chi connectivity index (χ2n) is 10.3. The minimum absolute atomic E-state index is 0.0701. The summed E-state index contributed by atoms with van der Waals surface area (Å²) in [6, 6.07) is 5.42. The Balaban J connectivity index is 1.42. The molecule has 3 aliphatic heterocycles. The van der Waals surface area contributed by atoms with Gasteiger partial charge in [-0.05, 0) is 55.0 Å². The molecule has 3 heterocycles. The Morgan fingerprint density at radius 1 is 1.21 bits per heavy atom. The van der Waals surface area contributed by atoms with Gasteiger partial charge in [0.15, 0.2) is 0 Å². The second-order valence-corrected chi connectivity index (χ2v) is 12.2. The van der Waals surface area contributed by atoms with Gasteiger partial charge in [0.2, 0.25) is 10.0 Å². The molecule has 39 heavy (non-hydrogen) atoms. The quantitative estimate of drug-likeness (QED) is 0.331. The van der Waals surface area contributed by atoms with Crippen molar-refractivity contribution in [1.82, 2.24) is 20.0 Å². The Labute approximate surface area is 228 Å². The highest BCUT2D eigenvalue weighted by atomic mass is 32.2. The highest BCUT2D eigenvalue weighted by molar-refractivity contribution is 7.89. The summed E-state index contributed by atoms with van der Waals surface area (Å²) in [6.07, 6.45) is 2.28. The molecule has 1 atom stereocenters. The molecule has 0 aliphatic carbocycles. The van der Waals surface area contributed by atoms with E-state index in [4.69, 9.17) is 9.47 Å². The van der Waals surface area contributed by atoms with Crippen LogP contribution in [-0.4, -0.2) is 99.0 Å². The third kappa shape index (κ3) is 6.43. The Morgan fingerprint density at radius 3 is 2.51 bits per heavy atom. The van der Waals surface area contributed by atoms with Gasteiger partial charge in [-0.25, -0.2) is 18.7 Å². The van der Waals surface area contributed by atoms with Gasteiger partial charge in [0.25, 0.3) is 11.8 Å². The van der Waals surface area contributed by atoms with Crippen LogP contribution in [0.2, 0.25) is 0 Å². The molecule has 0 aromatic heterocycles. The molecule has 0 bridgehead atoms. The molecule has 13 heteroatoms. The van der Waals surface area contributed by atoms with Crippen molar-refractivity contribution in [2.45, 2.75) is 38.7 Å². The number of benzene rings is 1. The number of hydroxylamine groups is 1. The van der Waals surface area contributed by atoms with Crippen molar-refractivity contribution in [3.05, 3.63) is 41.0 Å². The SMILES string of the molecule is CNC(=O)c1ccc(C2=CCN(S(=O)(=O)CC3(C(=O)NO)CCN(C(=O)O[C@H]4CCOC4)CC3)CC2)c(C)c1. The number of carbonyl (C=O) groups excluding carboxylic acids is 3. The number of ether oxygens (including phenoxy) is 2. The maximum absolute atomic E-state index is 13.5. The largest absolute Gasteiger partial charge is 0.444 e. The van der Waals surface area contributed by atoms with Crippen molar-refractivity contribution in [3.63, 3.8) is 0 Å². The minimum atomic E-state index is -3.88. The third-order valence-electron chi connectivity index (χ3n) is 7.80. The lowest BCUT2D eigenvalue weighted by atomic mass is 9.79. The van der Waals surface area contributed by atoms with Crippen LogP contribution in [0.1, 0.15) is 47.2 Å². The van der Waals surface area contributed by atoms with Crippen LogP contribution in [-0.2, 0) is 24.3 Å². The fraction of sp³-hybridized carbons (Fsp3) is 0.577. The maximum atomic E-state index is 13.5. The second kappa shape index (κ2) is 12.0. The number of nitrogens with zero attached hydrogens (tertiary/aromatic N) is 2. The zero-order chi connectivity index (χ0) is 28.2. The summed E-state index contributed by atoms with van der Waals surface area (Å²) in [4.78, 5) is 38.6. The smallest absolute Gasteiger partial charge is 0.410 e. The Hall–Kier alpha value is -3.00. The zero-order valence-corrected chi connectivity index (χ0v) is 23.1. The number of carbonyl (C=O) groups is 3. The molecule has 2 saturated heterocycles. The molecule has 214 valence electrons. The number of aryl methyl sites for hydroxylation is 1. The van der Waals surface area contributed by atoms with Gasteiger partial charge in [0.1, 0.15) is 6.10 Å². The molecule has 3 N–H and O–H groups in total. The molecule has 0 saturated carbocycles. The van der Waals surface area contributed by atoms with Crippen LogP contribution < -0.4 is 10.8 Å². The molecule has 0 radical (unpaired) electrons. The fourth-order valence-corrected chi connectivity index (χ4v) is 7.37. The van der Waals surface area contributed by atoms with Crippen LogP contribution in [0.25, 0.3) is 5.57 Å². The van der Waals surface area contributed by atoms with Gasteiger partial charge in [-0.3, -0.25) is 14.8 Å². The van der Waals surface area contributed by atoms with Crippen molar-refractivity contribution in [1.29, 1.82) is 0 Å². The average Bonchev–Trinajstić information content (AvgIpc) is 3.45. The van der Waals surface area contributed by atoms with Gasteiger partial charge in [-0.15, -0.1) is 0 Å². The Morgan fingerprint density at radius 2 is 1.95 bits per heavy atom. The lowest BCUT2D eigenvalue weighted by Gasteiger charge is -2.40. The molecule has 0 unspecified atom stereocenters. The summed E-state index contributed by atoms with van der Waals surface area (Å²) >= 11 is 0. The first-order valence-corrected chi connectivity index (χ1v) is 14.7. The van der Waals surface area contributed by atoms with E-state index in [1.807, 2.05) is 19.1 Å². The summed E-state index contributed by atoms with van der Waals surface area (Å²) in [7, 11) is -2.30. The van der Waals surface area contributed by atoms with Gasteiger partial charge in [0, 0.05) is 45.2 Å². The van der Waals surface area contributed by atoms with Gasteiger partial charge in [-0.2, -0.15) is 4.31 Å². The van der Waals surface area contributed by atoms with E-state index in [1.54, 1.807) is 24.7 Å². The van der Waals surface area contributed by atoms with E-state index < -0.39 is 33.2 Å². The molecule has 4 rings (SSSR count). The summed E-state index contributed by atoms with van der Waals surface area (Å²) in [5.41, 5.74) is 3.69. The van der Waals surface area contributed by atoms with Crippen LogP contribution in [0.4, 0.5) is 4.79 Å².